The highest BCUT2D eigenvalue weighted by Crippen LogP contribution is 2.22. The first-order chi connectivity index (χ1) is 11.8. The van der Waals surface area contributed by atoms with Crippen molar-refractivity contribution in [3.8, 4) is 0 Å². The summed E-state index contributed by atoms with van der Waals surface area (Å²) >= 11 is 0. The minimum Gasteiger partial charge on any atom is -0.390 e. The van der Waals surface area contributed by atoms with E-state index in [-0.39, 0.29) is 6.10 Å². The molecule has 0 heterocycles. The van der Waals surface area contributed by atoms with E-state index in [9.17, 15) is 15.3 Å². The average Bonchev–Trinajstić information content (AvgIpc) is 2.52. The molecule has 25 heavy (non-hydrogen) atoms. The van der Waals surface area contributed by atoms with Crippen molar-refractivity contribution in [2.45, 2.75) is 90.6 Å². The highest BCUT2D eigenvalue weighted by Gasteiger charge is 2.34. The molecule has 0 spiro atoms. The van der Waals surface area contributed by atoms with E-state index in [1.54, 1.807) is 0 Å². The maximum Gasteiger partial charge on any atom is 0.106 e. The Morgan fingerprint density at radius 2 is 1.36 bits per heavy atom. The third-order valence-corrected chi connectivity index (χ3v) is 4.68. The minimum absolute atomic E-state index is 0.199. The molecule has 0 aromatic rings. The predicted octanol–water partition coefficient (Wildman–Crippen LogP) is 3.67. The maximum atomic E-state index is 9.67. The zero-order chi connectivity index (χ0) is 18.8. The molecule has 2 atom stereocenters. The molecule has 1 aliphatic carbocycles. The molecule has 0 aliphatic heterocycles. The lowest BCUT2D eigenvalue weighted by molar-refractivity contribution is -0.127. The van der Waals surface area contributed by atoms with Crippen LogP contribution in [0.15, 0.2) is 34.9 Å². The van der Waals surface area contributed by atoms with E-state index in [1.165, 1.54) is 16.7 Å². The number of hydrogen-bond donors (Lipinski definition) is 3. The Balaban J connectivity index is 2.24. The van der Waals surface area contributed by atoms with Gasteiger partial charge in [0.05, 0.1) is 24.9 Å². The van der Waals surface area contributed by atoms with Crippen LogP contribution in [0, 0.1) is 0 Å². The second kappa shape index (κ2) is 11.6. The molecule has 0 amide bonds. The number of aliphatic hydroxyl groups excluding tert-OH is 3. The first-order valence-electron chi connectivity index (χ1n) is 9.40. The van der Waals surface area contributed by atoms with Gasteiger partial charge in [-0.05, 0) is 53.4 Å². The zero-order valence-electron chi connectivity index (χ0n) is 16.2. The lowest BCUT2D eigenvalue weighted by Crippen LogP contribution is -2.46. The highest BCUT2D eigenvalue weighted by atomic mass is 16.5. The van der Waals surface area contributed by atoms with E-state index >= 15 is 0 Å². The van der Waals surface area contributed by atoms with Crippen LogP contribution >= 0.6 is 0 Å². The quantitative estimate of drug-likeness (QED) is 0.554. The average molecular weight is 353 g/mol. The number of rotatable bonds is 9. The van der Waals surface area contributed by atoms with Crippen molar-refractivity contribution >= 4 is 0 Å². The van der Waals surface area contributed by atoms with Gasteiger partial charge in [0.2, 0.25) is 0 Å². The van der Waals surface area contributed by atoms with Gasteiger partial charge in [0.25, 0.3) is 0 Å². The van der Waals surface area contributed by atoms with Crippen molar-refractivity contribution in [2.75, 3.05) is 6.61 Å². The van der Waals surface area contributed by atoms with Crippen LogP contribution in [-0.2, 0) is 4.74 Å². The Labute approximate surface area is 152 Å². The molecule has 4 heteroatoms. The van der Waals surface area contributed by atoms with Gasteiger partial charge in [0.1, 0.15) is 6.10 Å². The Morgan fingerprint density at radius 3 is 1.92 bits per heavy atom. The smallest absolute Gasteiger partial charge is 0.106 e. The van der Waals surface area contributed by atoms with Crippen LogP contribution in [0.3, 0.4) is 0 Å². The van der Waals surface area contributed by atoms with Gasteiger partial charge in [-0.25, -0.2) is 0 Å². The molecule has 0 bridgehead atoms. The standard InChI is InChI=1S/C21H36O4/c1-15(2)7-5-8-16(3)9-6-10-17(4)11-12-25-18-13-19(22)21(24)20(23)14-18/h7,9,11,18-24H,5-6,8,10,12-14H2,1-4H3/b16-9+,17-11+. The van der Waals surface area contributed by atoms with Crippen molar-refractivity contribution < 1.29 is 20.1 Å². The third-order valence-electron chi connectivity index (χ3n) is 4.68. The summed E-state index contributed by atoms with van der Waals surface area (Å²) in [6.45, 7) is 9.03. The second-order valence-electron chi connectivity index (χ2n) is 7.51. The summed E-state index contributed by atoms with van der Waals surface area (Å²) in [6, 6.07) is 0. The fraction of sp³-hybridized carbons (Fsp3) is 0.714. The first kappa shape index (κ1) is 22.1. The Kier molecular flexibility index (Phi) is 10.3. The molecule has 0 aromatic heterocycles. The normalized spacial score (nSPS) is 28.1. The summed E-state index contributed by atoms with van der Waals surface area (Å²) in [5, 5.41) is 28.9. The molecule has 1 fully saturated rings. The Bertz CT molecular complexity index is 462. The van der Waals surface area contributed by atoms with Crippen LogP contribution in [-0.4, -0.2) is 46.3 Å². The van der Waals surface area contributed by atoms with Crippen LogP contribution in [0.5, 0.6) is 0 Å². The molecule has 1 rings (SSSR count). The van der Waals surface area contributed by atoms with Gasteiger partial charge in [-0.3, -0.25) is 0 Å². The fourth-order valence-corrected chi connectivity index (χ4v) is 2.97. The van der Waals surface area contributed by atoms with Crippen molar-refractivity contribution in [1.82, 2.24) is 0 Å². The van der Waals surface area contributed by atoms with Crippen molar-refractivity contribution in [2.24, 2.45) is 0 Å². The summed E-state index contributed by atoms with van der Waals surface area (Å²) < 4.78 is 5.72. The van der Waals surface area contributed by atoms with Crippen molar-refractivity contribution in [1.29, 1.82) is 0 Å². The molecule has 4 nitrogen and oxygen atoms in total. The minimum atomic E-state index is -1.05. The van der Waals surface area contributed by atoms with Crippen LogP contribution in [0.25, 0.3) is 0 Å². The number of allylic oxidation sites excluding steroid dienone is 5. The molecule has 0 saturated heterocycles. The third kappa shape index (κ3) is 9.36. The summed E-state index contributed by atoms with van der Waals surface area (Å²) in [7, 11) is 0. The zero-order valence-corrected chi connectivity index (χ0v) is 16.2. The predicted molar refractivity (Wildman–Crippen MR) is 102 cm³/mol. The van der Waals surface area contributed by atoms with Crippen LogP contribution in [0.2, 0.25) is 0 Å². The molecule has 3 N–H and O–H groups in total. The molecule has 1 saturated carbocycles. The van der Waals surface area contributed by atoms with Gasteiger partial charge >= 0.3 is 0 Å². The molecule has 2 unspecified atom stereocenters. The number of ether oxygens (including phenoxy) is 1. The van der Waals surface area contributed by atoms with E-state index < -0.39 is 18.3 Å². The van der Waals surface area contributed by atoms with Crippen molar-refractivity contribution in [3.63, 3.8) is 0 Å². The molecule has 0 aromatic carbocycles. The first-order valence-corrected chi connectivity index (χ1v) is 9.40. The van der Waals surface area contributed by atoms with Gasteiger partial charge in [0.15, 0.2) is 0 Å². The van der Waals surface area contributed by atoms with Crippen LogP contribution in [0.1, 0.15) is 66.2 Å². The second-order valence-corrected chi connectivity index (χ2v) is 7.51. The highest BCUT2D eigenvalue weighted by molar-refractivity contribution is 5.05. The lowest BCUT2D eigenvalue weighted by atomic mass is 9.90. The van der Waals surface area contributed by atoms with Gasteiger partial charge in [-0.2, -0.15) is 0 Å². The molecular weight excluding hydrogens is 316 g/mol. The molecular formula is C21H36O4. The number of hydrogen-bond acceptors (Lipinski definition) is 4. The topological polar surface area (TPSA) is 69.9 Å². The molecule has 144 valence electrons. The number of aliphatic hydroxyl groups is 3. The van der Waals surface area contributed by atoms with Crippen LogP contribution < -0.4 is 0 Å². The van der Waals surface area contributed by atoms with E-state index in [1.807, 2.05) is 0 Å². The van der Waals surface area contributed by atoms with Gasteiger partial charge in [-0.15, -0.1) is 0 Å². The summed E-state index contributed by atoms with van der Waals surface area (Å²) in [5.41, 5.74) is 4.09. The van der Waals surface area contributed by atoms with Gasteiger partial charge < -0.3 is 20.1 Å². The SMILES string of the molecule is CC(C)=CCC/C(C)=C/CC/C(C)=C/COC1CC(O)C(O)C(O)C1. The monoisotopic (exact) mass is 352 g/mol. The molecule has 0 radical (unpaired) electrons. The lowest BCUT2D eigenvalue weighted by Gasteiger charge is -2.33. The van der Waals surface area contributed by atoms with E-state index in [0.29, 0.717) is 19.4 Å². The summed E-state index contributed by atoms with van der Waals surface area (Å²) in [6.07, 6.45) is 8.62. The van der Waals surface area contributed by atoms with E-state index in [4.69, 9.17) is 4.74 Å². The van der Waals surface area contributed by atoms with Gasteiger partial charge in [-0.1, -0.05) is 34.9 Å². The van der Waals surface area contributed by atoms with Gasteiger partial charge in [0, 0.05) is 12.8 Å². The molecule has 1 aliphatic rings. The summed E-state index contributed by atoms with van der Waals surface area (Å²) in [4.78, 5) is 0. The van der Waals surface area contributed by atoms with E-state index in [0.717, 1.165) is 25.7 Å². The largest absolute Gasteiger partial charge is 0.390 e. The summed E-state index contributed by atoms with van der Waals surface area (Å²) in [5.74, 6) is 0. The fourth-order valence-electron chi connectivity index (χ4n) is 2.97. The van der Waals surface area contributed by atoms with E-state index in [2.05, 4.69) is 45.9 Å². The maximum absolute atomic E-state index is 9.67. The Hall–Kier alpha value is -0.940. The Morgan fingerprint density at radius 1 is 0.840 bits per heavy atom. The van der Waals surface area contributed by atoms with Crippen LogP contribution in [0.4, 0.5) is 0 Å². The van der Waals surface area contributed by atoms with Crippen molar-refractivity contribution in [3.05, 3.63) is 34.9 Å².